The molecule has 0 amide bonds. The summed E-state index contributed by atoms with van der Waals surface area (Å²) >= 11 is 3.46. The van der Waals surface area contributed by atoms with Gasteiger partial charge in [0.15, 0.2) is 17.3 Å². The van der Waals surface area contributed by atoms with Crippen LogP contribution in [-0.2, 0) is 12.8 Å². The van der Waals surface area contributed by atoms with Gasteiger partial charge in [-0.25, -0.2) is 4.98 Å². The average molecular weight is 622 g/mol. The smallest absolute Gasteiger partial charge is 0.416 e. The molecule has 0 bridgehead atoms. The molecular weight excluding hydrogens is 599 g/mol. The number of aromatic nitrogens is 2. The Labute approximate surface area is 241 Å². The lowest BCUT2D eigenvalue weighted by Crippen LogP contribution is -2.20. The van der Waals surface area contributed by atoms with Crippen molar-refractivity contribution in [2.75, 3.05) is 7.11 Å². The van der Waals surface area contributed by atoms with Gasteiger partial charge in [0.2, 0.25) is 0 Å². The zero-order valence-electron chi connectivity index (χ0n) is 21.9. The lowest BCUT2D eigenvalue weighted by Gasteiger charge is -2.15. The van der Waals surface area contributed by atoms with Gasteiger partial charge >= 0.3 is 6.18 Å². The third kappa shape index (κ3) is 6.17. The zero-order valence-corrected chi connectivity index (χ0v) is 23.5. The molecule has 5 rings (SSSR count). The molecular formula is C31H23BrF3N3O3. The summed E-state index contributed by atoms with van der Waals surface area (Å²) < 4.78 is 53.9. The fourth-order valence-corrected chi connectivity index (χ4v) is 4.66. The second-order valence-corrected chi connectivity index (χ2v) is 10.1. The average Bonchev–Trinajstić information content (AvgIpc) is 2.96. The molecule has 5 aromatic rings. The Bertz CT molecular complexity index is 1820. The van der Waals surface area contributed by atoms with Gasteiger partial charge in [-0.05, 0) is 48.9 Å². The van der Waals surface area contributed by atoms with Crippen molar-refractivity contribution in [1.82, 2.24) is 9.66 Å². The SMILES string of the molecule is COc1cc(Br)cc(C=Nn2c(-c3cccc(C(F)(F)F)c3)nc3ccccc3c2=O)c1OCc1ccc(C)cc1. The maximum Gasteiger partial charge on any atom is 0.416 e. The first-order valence-electron chi connectivity index (χ1n) is 12.4. The van der Waals surface area contributed by atoms with Crippen molar-refractivity contribution < 1.29 is 22.6 Å². The molecule has 0 aliphatic carbocycles. The monoisotopic (exact) mass is 621 g/mol. The second kappa shape index (κ2) is 11.6. The molecule has 1 heterocycles. The van der Waals surface area contributed by atoms with Gasteiger partial charge < -0.3 is 9.47 Å². The number of alkyl halides is 3. The van der Waals surface area contributed by atoms with Gasteiger partial charge in [-0.3, -0.25) is 4.79 Å². The third-order valence-electron chi connectivity index (χ3n) is 6.29. The molecule has 10 heteroatoms. The fourth-order valence-electron chi connectivity index (χ4n) is 4.20. The van der Waals surface area contributed by atoms with Gasteiger partial charge in [-0.15, -0.1) is 0 Å². The standard InChI is InChI=1S/C31H23BrF3N3O3/c1-19-10-12-20(13-11-19)18-41-28-22(15-24(32)16-27(28)40-2)17-36-38-29(21-6-5-7-23(14-21)31(33,34)35)37-26-9-4-3-8-25(26)30(38)39/h3-17H,18H2,1-2H3. The molecule has 4 aromatic carbocycles. The highest BCUT2D eigenvalue weighted by Gasteiger charge is 2.31. The Hall–Kier alpha value is -4.44. The van der Waals surface area contributed by atoms with E-state index in [1.807, 2.05) is 31.2 Å². The summed E-state index contributed by atoms with van der Waals surface area (Å²) in [6, 6.07) is 22.6. The summed E-state index contributed by atoms with van der Waals surface area (Å²) in [5.74, 6) is 0.762. The Morgan fingerprint density at radius 3 is 2.49 bits per heavy atom. The Kier molecular flexibility index (Phi) is 7.94. The Morgan fingerprint density at radius 1 is 1.00 bits per heavy atom. The summed E-state index contributed by atoms with van der Waals surface area (Å²) in [5, 5.41) is 4.68. The van der Waals surface area contributed by atoms with Gasteiger partial charge in [0.1, 0.15) is 6.61 Å². The van der Waals surface area contributed by atoms with Crippen LogP contribution in [0, 0.1) is 6.92 Å². The molecule has 0 aliphatic heterocycles. The van der Waals surface area contributed by atoms with Crippen LogP contribution in [0.3, 0.4) is 0 Å². The molecule has 208 valence electrons. The minimum absolute atomic E-state index is 0.0415. The molecule has 41 heavy (non-hydrogen) atoms. The van der Waals surface area contributed by atoms with Crippen LogP contribution in [0.15, 0.2) is 99.3 Å². The van der Waals surface area contributed by atoms with E-state index in [9.17, 15) is 18.0 Å². The van der Waals surface area contributed by atoms with Crippen LogP contribution < -0.4 is 15.0 Å². The molecule has 0 radical (unpaired) electrons. The maximum atomic E-state index is 13.6. The maximum absolute atomic E-state index is 13.6. The predicted molar refractivity (Wildman–Crippen MR) is 156 cm³/mol. The molecule has 0 atom stereocenters. The highest BCUT2D eigenvalue weighted by Crippen LogP contribution is 2.35. The van der Waals surface area contributed by atoms with Crippen molar-refractivity contribution in [3.63, 3.8) is 0 Å². The lowest BCUT2D eigenvalue weighted by atomic mass is 10.1. The normalized spacial score (nSPS) is 11.8. The summed E-state index contributed by atoms with van der Waals surface area (Å²) in [5.41, 5.74) is 1.54. The van der Waals surface area contributed by atoms with Crippen LogP contribution in [-0.4, -0.2) is 23.0 Å². The van der Waals surface area contributed by atoms with E-state index in [2.05, 4.69) is 26.0 Å². The van der Waals surface area contributed by atoms with E-state index in [4.69, 9.17) is 9.47 Å². The summed E-state index contributed by atoms with van der Waals surface area (Å²) in [4.78, 5) is 18.1. The van der Waals surface area contributed by atoms with Gasteiger partial charge in [-0.2, -0.15) is 22.9 Å². The van der Waals surface area contributed by atoms with Crippen LogP contribution in [0.1, 0.15) is 22.3 Å². The second-order valence-electron chi connectivity index (χ2n) is 9.19. The highest BCUT2D eigenvalue weighted by molar-refractivity contribution is 9.10. The van der Waals surface area contributed by atoms with E-state index >= 15 is 0 Å². The van der Waals surface area contributed by atoms with Crippen molar-refractivity contribution in [1.29, 1.82) is 0 Å². The molecule has 0 saturated carbocycles. The molecule has 0 fully saturated rings. The number of nitrogens with zero attached hydrogens (tertiary/aromatic N) is 3. The highest BCUT2D eigenvalue weighted by atomic mass is 79.9. The molecule has 0 aliphatic rings. The minimum Gasteiger partial charge on any atom is -0.493 e. The van der Waals surface area contributed by atoms with Crippen LogP contribution in [0.4, 0.5) is 13.2 Å². The summed E-state index contributed by atoms with van der Waals surface area (Å²) in [6.45, 7) is 2.24. The first-order chi connectivity index (χ1) is 19.6. The van der Waals surface area contributed by atoms with Crippen molar-refractivity contribution in [3.8, 4) is 22.9 Å². The van der Waals surface area contributed by atoms with E-state index in [1.165, 1.54) is 25.5 Å². The number of para-hydroxylation sites is 1. The van der Waals surface area contributed by atoms with E-state index in [0.29, 0.717) is 27.1 Å². The number of hydrogen-bond acceptors (Lipinski definition) is 5. The van der Waals surface area contributed by atoms with Gasteiger partial charge in [0.05, 0.1) is 29.8 Å². The van der Waals surface area contributed by atoms with E-state index in [-0.39, 0.29) is 23.4 Å². The molecule has 0 unspecified atom stereocenters. The molecule has 0 saturated heterocycles. The first kappa shape index (κ1) is 28.1. The quantitative estimate of drug-likeness (QED) is 0.175. The van der Waals surface area contributed by atoms with E-state index < -0.39 is 17.3 Å². The molecule has 0 N–H and O–H groups in total. The van der Waals surface area contributed by atoms with E-state index in [0.717, 1.165) is 27.9 Å². The molecule has 0 spiro atoms. The van der Waals surface area contributed by atoms with Crippen LogP contribution in [0.25, 0.3) is 22.3 Å². The number of hydrogen-bond donors (Lipinski definition) is 0. The third-order valence-corrected chi connectivity index (χ3v) is 6.74. The lowest BCUT2D eigenvalue weighted by molar-refractivity contribution is -0.137. The van der Waals surface area contributed by atoms with Crippen LogP contribution in [0.5, 0.6) is 11.5 Å². The first-order valence-corrected chi connectivity index (χ1v) is 13.2. The number of rotatable bonds is 7. The zero-order chi connectivity index (χ0) is 29.1. The number of ether oxygens (including phenoxy) is 2. The topological polar surface area (TPSA) is 65.7 Å². The van der Waals surface area contributed by atoms with E-state index in [1.54, 1.807) is 36.4 Å². The van der Waals surface area contributed by atoms with Gasteiger partial charge in [0, 0.05) is 15.6 Å². The van der Waals surface area contributed by atoms with Gasteiger partial charge in [0.25, 0.3) is 5.56 Å². The number of benzene rings is 4. The van der Waals surface area contributed by atoms with Crippen molar-refractivity contribution in [2.24, 2.45) is 5.10 Å². The number of halogens is 4. The van der Waals surface area contributed by atoms with Crippen molar-refractivity contribution in [2.45, 2.75) is 19.7 Å². The fraction of sp³-hybridized carbons (Fsp3) is 0.129. The Morgan fingerprint density at radius 2 is 1.76 bits per heavy atom. The van der Waals surface area contributed by atoms with Crippen LogP contribution >= 0.6 is 15.9 Å². The van der Waals surface area contributed by atoms with Crippen molar-refractivity contribution >= 4 is 33.0 Å². The largest absolute Gasteiger partial charge is 0.493 e. The summed E-state index contributed by atoms with van der Waals surface area (Å²) in [6.07, 6.45) is -3.18. The van der Waals surface area contributed by atoms with Crippen LogP contribution in [0.2, 0.25) is 0 Å². The number of fused-ring (bicyclic) bond motifs is 1. The van der Waals surface area contributed by atoms with Crippen molar-refractivity contribution in [3.05, 3.63) is 122 Å². The predicted octanol–water partition coefficient (Wildman–Crippen LogP) is 7.62. The number of aryl methyl sites for hydroxylation is 1. The number of methoxy groups -OCH3 is 1. The molecule has 1 aromatic heterocycles. The summed E-state index contributed by atoms with van der Waals surface area (Å²) in [7, 11) is 1.50. The van der Waals surface area contributed by atoms with Gasteiger partial charge in [-0.1, -0.05) is 70.0 Å². The minimum atomic E-state index is -4.57. The Balaban J connectivity index is 1.63. The molecule has 6 nitrogen and oxygen atoms in total.